The average Bonchev–Trinajstić information content (AvgIpc) is 2.70. The molecule has 152 valence electrons. The van der Waals surface area contributed by atoms with Gasteiger partial charge in [-0.05, 0) is 39.0 Å². The van der Waals surface area contributed by atoms with Gasteiger partial charge in [0, 0.05) is 11.1 Å². The number of nitrogens with zero attached hydrogens (tertiary/aromatic N) is 3. The molecule has 2 N–H and O–H groups in total. The first-order valence-corrected chi connectivity index (χ1v) is 9.88. The minimum atomic E-state index is -0.590. The van der Waals surface area contributed by atoms with Gasteiger partial charge in [-0.2, -0.15) is 10.4 Å². The SMILES string of the molecule is CC(C)(C)c1cc(Br)c(F)c(C=NNc2nc(-c3ccccc3)c(C#N)c(=O)[nH]2)c1. The lowest BCUT2D eigenvalue weighted by Crippen LogP contribution is -2.16. The van der Waals surface area contributed by atoms with Gasteiger partial charge in [-0.1, -0.05) is 51.1 Å². The van der Waals surface area contributed by atoms with Crippen LogP contribution in [0, 0.1) is 17.1 Å². The van der Waals surface area contributed by atoms with Gasteiger partial charge >= 0.3 is 0 Å². The van der Waals surface area contributed by atoms with Crippen molar-refractivity contribution < 1.29 is 4.39 Å². The number of H-pyrrole nitrogens is 1. The lowest BCUT2D eigenvalue weighted by molar-refractivity contribution is 0.579. The Morgan fingerprint density at radius 3 is 2.60 bits per heavy atom. The lowest BCUT2D eigenvalue weighted by atomic mass is 9.86. The topological polar surface area (TPSA) is 93.9 Å². The molecule has 0 saturated heterocycles. The smallest absolute Gasteiger partial charge is 0.270 e. The second-order valence-electron chi connectivity index (χ2n) is 7.60. The van der Waals surface area contributed by atoms with Gasteiger partial charge in [-0.3, -0.25) is 9.78 Å². The summed E-state index contributed by atoms with van der Waals surface area (Å²) in [5, 5.41) is 13.3. The van der Waals surface area contributed by atoms with E-state index in [1.54, 1.807) is 36.4 Å². The van der Waals surface area contributed by atoms with E-state index in [2.05, 4.69) is 36.4 Å². The molecular formula is C22H19BrFN5O. The lowest BCUT2D eigenvalue weighted by Gasteiger charge is -2.20. The number of hydrogen-bond acceptors (Lipinski definition) is 5. The molecule has 0 aliphatic heterocycles. The Labute approximate surface area is 181 Å². The van der Waals surface area contributed by atoms with Crippen molar-refractivity contribution in [1.82, 2.24) is 9.97 Å². The molecule has 0 bridgehead atoms. The average molecular weight is 468 g/mol. The van der Waals surface area contributed by atoms with E-state index in [9.17, 15) is 14.4 Å². The summed E-state index contributed by atoms with van der Waals surface area (Å²) in [5.41, 5.74) is 3.84. The number of aromatic amines is 1. The van der Waals surface area contributed by atoms with Crippen LogP contribution in [-0.4, -0.2) is 16.2 Å². The van der Waals surface area contributed by atoms with E-state index in [-0.39, 0.29) is 28.2 Å². The zero-order valence-corrected chi connectivity index (χ0v) is 18.2. The molecule has 1 aromatic heterocycles. The summed E-state index contributed by atoms with van der Waals surface area (Å²) in [6.45, 7) is 6.09. The molecule has 1 heterocycles. The van der Waals surface area contributed by atoms with Crippen molar-refractivity contribution in [2.75, 3.05) is 5.43 Å². The standard InChI is InChI=1S/C22H19BrFN5O/c1-22(2,3)15-9-14(18(24)17(23)10-15)12-26-29-21-27-19(13-7-5-4-6-8-13)16(11-25)20(30)28-21/h4-10,12H,1-3H3,(H2,27,28,29,30). The Morgan fingerprint density at radius 2 is 1.97 bits per heavy atom. The molecule has 0 aliphatic carbocycles. The molecule has 0 saturated carbocycles. The molecule has 2 aromatic carbocycles. The Bertz CT molecular complexity index is 1210. The third kappa shape index (κ3) is 4.63. The van der Waals surface area contributed by atoms with Gasteiger partial charge in [0.2, 0.25) is 5.95 Å². The Balaban J connectivity index is 1.95. The highest BCUT2D eigenvalue weighted by atomic mass is 79.9. The zero-order valence-electron chi connectivity index (χ0n) is 16.6. The van der Waals surface area contributed by atoms with Gasteiger partial charge < -0.3 is 0 Å². The number of aromatic nitrogens is 2. The van der Waals surface area contributed by atoms with Crippen molar-refractivity contribution in [3.05, 3.63) is 79.8 Å². The van der Waals surface area contributed by atoms with Crippen molar-refractivity contribution in [2.24, 2.45) is 5.10 Å². The summed E-state index contributed by atoms with van der Waals surface area (Å²) >= 11 is 3.24. The molecular weight excluding hydrogens is 449 g/mol. The molecule has 6 nitrogen and oxygen atoms in total. The zero-order chi connectivity index (χ0) is 21.9. The predicted octanol–water partition coefficient (Wildman–Crippen LogP) is 4.95. The molecule has 3 aromatic rings. The Hall–Kier alpha value is -3.31. The number of nitriles is 1. The summed E-state index contributed by atoms with van der Waals surface area (Å²) in [7, 11) is 0. The first-order valence-electron chi connectivity index (χ1n) is 9.09. The van der Waals surface area contributed by atoms with E-state index >= 15 is 0 Å². The number of halogens is 2. The minimum absolute atomic E-state index is 0.0422. The summed E-state index contributed by atoms with van der Waals surface area (Å²) in [4.78, 5) is 19.0. The molecule has 0 unspecified atom stereocenters. The maximum Gasteiger partial charge on any atom is 0.270 e. The number of nitrogens with one attached hydrogen (secondary N) is 2. The Morgan fingerprint density at radius 1 is 1.27 bits per heavy atom. The highest BCUT2D eigenvalue weighted by molar-refractivity contribution is 9.10. The fraction of sp³-hybridized carbons (Fsp3) is 0.182. The van der Waals surface area contributed by atoms with Gasteiger partial charge in [0.1, 0.15) is 17.4 Å². The monoisotopic (exact) mass is 467 g/mol. The van der Waals surface area contributed by atoms with Crippen molar-refractivity contribution in [1.29, 1.82) is 5.26 Å². The second kappa shape index (κ2) is 8.59. The largest absolute Gasteiger partial charge is 0.290 e. The third-order valence-corrected chi connectivity index (χ3v) is 4.95. The molecule has 0 aliphatic rings. The van der Waals surface area contributed by atoms with Gasteiger partial charge in [0.15, 0.2) is 0 Å². The normalized spacial score (nSPS) is 11.5. The first kappa shape index (κ1) is 21.4. The highest BCUT2D eigenvalue weighted by Gasteiger charge is 2.18. The van der Waals surface area contributed by atoms with E-state index in [1.807, 2.05) is 32.9 Å². The van der Waals surface area contributed by atoms with Crippen LogP contribution in [0.2, 0.25) is 0 Å². The minimum Gasteiger partial charge on any atom is -0.290 e. The van der Waals surface area contributed by atoms with Crippen LogP contribution in [0.15, 0.2) is 56.8 Å². The summed E-state index contributed by atoms with van der Waals surface area (Å²) < 4.78 is 14.8. The highest BCUT2D eigenvalue weighted by Crippen LogP contribution is 2.28. The molecule has 0 amide bonds. The molecule has 8 heteroatoms. The van der Waals surface area contributed by atoms with Gasteiger partial charge in [-0.25, -0.2) is 14.8 Å². The molecule has 3 rings (SSSR count). The summed E-state index contributed by atoms with van der Waals surface area (Å²) in [5.74, 6) is -0.402. The van der Waals surface area contributed by atoms with Gasteiger partial charge in [-0.15, -0.1) is 0 Å². The fourth-order valence-electron chi connectivity index (χ4n) is 2.74. The van der Waals surface area contributed by atoms with Crippen LogP contribution in [0.25, 0.3) is 11.3 Å². The van der Waals surface area contributed by atoms with Crippen LogP contribution in [-0.2, 0) is 5.41 Å². The number of anilines is 1. The maximum atomic E-state index is 14.5. The van der Waals surface area contributed by atoms with Crippen molar-refractivity contribution in [3.8, 4) is 17.3 Å². The van der Waals surface area contributed by atoms with Gasteiger partial charge in [0.25, 0.3) is 5.56 Å². The van der Waals surface area contributed by atoms with Crippen molar-refractivity contribution >= 4 is 28.1 Å². The van der Waals surface area contributed by atoms with E-state index in [0.717, 1.165) is 5.56 Å². The second-order valence-corrected chi connectivity index (χ2v) is 8.45. The van der Waals surface area contributed by atoms with E-state index < -0.39 is 11.4 Å². The molecule has 30 heavy (non-hydrogen) atoms. The van der Waals surface area contributed by atoms with Gasteiger partial charge in [0.05, 0.1) is 16.4 Å². The predicted molar refractivity (Wildman–Crippen MR) is 119 cm³/mol. The molecule has 0 fully saturated rings. The first-order chi connectivity index (χ1) is 14.2. The fourth-order valence-corrected chi connectivity index (χ4v) is 3.21. The van der Waals surface area contributed by atoms with Crippen molar-refractivity contribution in [3.63, 3.8) is 0 Å². The summed E-state index contributed by atoms with van der Waals surface area (Å²) in [6.07, 6.45) is 1.32. The number of hydrazone groups is 1. The van der Waals surface area contributed by atoms with Crippen LogP contribution < -0.4 is 11.0 Å². The van der Waals surface area contributed by atoms with E-state index in [0.29, 0.717) is 10.0 Å². The maximum absolute atomic E-state index is 14.5. The Kier molecular flexibility index (Phi) is 6.13. The summed E-state index contributed by atoms with van der Waals surface area (Å²) in [6, 6.07) is 14.2. The van der Waals surface area contributed by atoms with E-state index in [4.69, 9.17) is 0 Å². The van der Waals surface area contributed by atoms with Crippen LogP contribution >= 0.6 is 15.9 Å². The third-order valence-electron chi connectivity index (χ3n) is 4.37. The number of rotatable bonds is 4. The van der Waals surface area contributed by atoms with Crippen molar-refractivity contribution in [2.45, 2.75) is 26.2 Å². The van der Waals surface area contributed by atoms with Crippen LogP contribution in [0.3, 0.4) is 0 Å². The van der Waals surface area contributed by atoms with Crippen LogP contribution in [0.5, 0.6) is 0 Å². The number of benzene rings is 2. The quantitative estimate of drug-likeness (QED) is 0.419. The molecule has 0 atom stereocenters. The van der Waals surface area contributed by atoms with Crippen LogP contribution in [0.1, 0.15) is 37.5 Å². The molecule has 0 spiro atoms. The van der Waals surface area contributed by atoms with E-state index in [1.165, 1.54) is 6.21 Å². The number of hydrogen-bond donors (Lipinski definition) is 2. The van der Waals surface area contributed by atoms with Crippen LogP contribution in [0.4, 0.5) is 10.3 Å². The molecule has 0 radical (unpaired) electrons.